The van der Waals surface area contributed by atoms with Crippen LogP contribution in [0.1, 0.15) is 37.5 Å². The third kappa shape index (κ3) is 7.63. The fourth-order valence-corrected chi connectivity index (χ4v) is 5.53. The zero-order valence-corrected chi connectivity index (χ0v) is 24.9. The van der Waals surface area contributed by atoms with E-state index in [4.69, 9.17) is 4.74 Å². The first-order chi connectivity index (χ1) is 18.9. The smallest absolute Gasteiger partial charge is 0.264 e. The zero-order valence-electron chi connectivity index (χ0n) is 24.0. The summed E-state index contributed by atoms with van der Waals surface area (Å²) in [5.41, 5.74) is 3.06. The van der Waals surface area contributed by atoms with Crippen LogP contribution in [0.25, 0.3) is 0 Å². The Morgan fingerprint density at radius 1 is 0.900 bits per heavy atom. The van der Waals surface area contributed by atoms with E-state index in [1.54, 1.807) is 43.3 Å². The summed E-state index contributed by atoms with van der Waals surface area (Å²) in [6.07, 6.45) is 0. The molecule has 1 N–H and O–H groups in total. The summed E-state index contributed by atoms with van der Waals surface area (Å²) < 4.78 is 34.1. The topological polar surface area (TPSA) is 96.0 Å². The molecular formula is C31H39N3O5S. The van der Waals surface area contributed by atoms with Gasteiger partial charge >= 0.3 is 0 Å². The van der Waals surface area contributed by atoms with E-state index >= 15 is 0 Å². The van der Waals surface area contributed by atoms with Crippen LogP contribution in [-0.2, 0) is 26.2 Å². The standard InChI is InChI=1S/C31H39N3O5S/c1-22(2)19-32-31(36)25(5)33(20-26-10-8-7-9-24(26)4)30(35)21-34(27-13-15-28(39-6)16-14-27)40(37,38)29-17-11-23(3)12-18-29/h7-18,22,25H,19-21H2,1-6H3,(H,32,36). The molecule has 214 valence electrons. The molecule has 0 bridgehead atoms. The average molecular weight is 566 g/mol. The van der Waals surface area contributed by atoms with E-state index < -0.39 is 28.5 Å². The van der Waals surface area contributed by atoms with Gasteiger partial charge in [-0.2, -0.15) is 0 Å². The zero-order chi connectivity index (χ0) is 29.4. The summed E-state index contributed by atoms with van der Waals surface area (Å²) >= 11 is 0. The minimum absolute atomic E-state index is 0.0647. The molecule has 0 heterocycles. The number of carbonyl (C=O) groups excluding carboxylic acids is 2. The van der Waals surface area contributed by atoms with E-state index in [9.17, 15) is 18.0 Å². The molecule has 3 aromatic rings. The van der Waals surface area contributed by atoms with E-state index in [1.165, 1.54) is 24.1 Å². The molecule has 3 rings (SSSR count). The van der Waals surface area contributed by atoms with E-state index in [1.807, 2.05) is 52.0 Å². The molecule has 1 unspecified atom stereocenters. The van der Waals surface area contributed by atoms with Gasteiger partial charge in [0.2, 0.25) is 11.8 Å². The van der Waals surface area contributed by atoms with Crippen molar-refractivity contribution in [3.63, 3.8) is 0 Å². The predicted molar refractivity (Wildman–Crippen MR) is 158 cm³/mol. The van der Waals surface area contributed by atoms with Crippen LogP contribution in [0.3, 0.4) is 0 Å². The molecule has 1 atom stereocenters. The van der Waals surface area contributed by atoms with Crippen molar-refractivity contribution >= 4 is 27.5 Å². The molecule has 0 saturated heterocycles. The summed E-state index contributed by atoms with van der Waals surface area (Å²) in [6, 6.07) is 19.8. The first-order valence-electron chi connectivity index (χ1n) is 13.3. The maximum Gasteiger partial charge on any atom is 0.264 e. The first-order valence-corrected chi connectivity index (χ1v) is 14.7. The predicted octanol–water partition coefficient (Wildman–Crippen LogP) is 4.70. The molecule has 0 aliphatic carbocycles. The van der Waals surface area contributed by atoms with Gasteiger partial charge < -0.3 is 15.0 Å². The molecule has 0 fully saturated rings. The number of nitrogens with zero attached hydrogens (tertiary/aromatic N) is 2. The quantitative estimate of drug-likeness (QED) is 0.344. The van der Waals surface area contributed by atoms with Crippen LogP contribution >= 0.6 is 0 Å². The Morgan fingerprint density at radius 2 is 1.52 bits per heavy atom. The second kappa shape index (κ2) is 13.5. The summed E-state index contributed by atoms with van der Waals surface area (Å²) in [6.45, 7) is 9.59. The maximum atomic E-state index is 14.0. The lowest BCUT2D eigenvalue weighted by Gasteiger charge is -2.32. The summed E-state index contributed by atoms with van der Waals surface area (Å²) in [5, 5.41) is 2.90. The fraction of sp³-hybridized carbons (Fsp3) is 0.355. The number of aryl methyl sites for hydroxylation is 2. The highest BCUT2D eigenvalue weighted by Gasteiger charge is 2.32. The Kier molecular flexibility index (Phi) is 10.3. The number of hydrogen-bond acceptors (Lipinski definition) is 5. The molecule has 3 aromatic carbocycles. The van der Waals surface area contributed by atoms with Gasteiger partial charge in [0.1, 0.15) is 18.3 Å². The van der Waals surface area contributed by atoms with Gasteiger partial charge in [0, 0.05) is 13.1 Å². The second-order valence-corrected chi connectivity index (χ2v) is 12.1. The van der Waals surface area contributed by atoms with Crippen LogP contribution in [0, 0.1) is 19.8 Å². The fourth-order valence-electron chi connectivity index (χ4n) is 4.12. The van der Waals surface area contributed by atoms with E-state index in [-0.39, 0.29) is 23.3 Å². The Morgan fingerprint density at radius 3 is 2.10 bits per heavy atom. The monoisotopic (exact) mass is 565 g/mol. The van der Waals surface area contributed by atoms with Crippen LogP contribution in [0.2, 0.25) is 0 Å². The van der Waals surface area contributed by atoms with Gasteiger partial charge in [-0.3, -0.25) is 13.9 Å². The van der Waals surface area contributed by atoms with Gasteiger partial charge in [-0.25, -0.2) is 8.42 Å². The van der Waals surface area contributed by atoms with Gasteiger partial charge in [0.05, 0.1) is 17.7 Å². The highest BCUT2D eigenvalue weighted by Crippen LogP contribution is 2.27. The molecule has 9 heteroatoms. The lowest BCUT2D eigenvalue weighted by molar-refractivity contribution is -0.139. The van der Waals surface area contributed by atoms with Gasteiger partial charge in [-0.05, 0) is 74.2 Å². The number of nitrogens with one attached hydrogen (secondary N) is 1. The number of ether oxygens (including phenoxy) is 1. The number of amides is 2. The van der Waals surface area contributed by atoms with Gasteiger partial charge in [-0.15, -0.1) is 0 Å². The third-order valence-corrected chi connectivity index (χ3v) is 8.49. The molecule has 0 saturated carbocycles. The average Bonchev–Trinajstić information content (AvgIpc) is 2.94. The van der Waals surface area contributed by atoms with Gasteiger partial charge in [0.15, 0.2) is 0 Å². The molecular weight excluding hydrogens is 526 g/mol. The lowest BCUT2D eigenvalue weighted by atomic mass is 10.1. The van der Waals surface area contributed by atoms with Crippen LogP contribution in [0.15, 0.2) is 77.7 Å². The maximum absolute atomic E-state index is 14.0. The normalized spacial score (nSPS) is 12.1. The Labute approximate surface area is 238 Å². The second-order valence-electron chi connectivity index (χ2n) is 10.3. The van der Waals surface area contributed by atoms with Crippen molar-refractivity contribution in [2.45, 2.75) is 52.1 Å². The number of anilines is 1. The molecule has 0 radical (unpaired) electrons. The van der Waals surface area contributed by atoms with Gasteiger partial charge in [-0.1, -0.05) is 55.8 Å². The van der Waals surface area contributed by atoms with Crippen molar-refractivity contribution in [2.75, 3.05) is 24.5 Å². The molecule has 0 aliphatic rings. The molecule has 0 spiro atoms. The minimum atomic E-state index is -4.12. The Hall–Kier alpha value is -3.85. The molecule has 2 amide bonds. The number of rotatable bonds is 12. The van der Waals surface area contributed by atoms with E-state index in [0.717, 1.165) is 21.0 Å². The number of benzene rings is 3. The summed E-state index contributed by atoms with van der Waals surface area (Å²) in [5.74, 6) is -0.00347. The Bertz CT molecular complexity index is 1400. The van der Waals surface area contributed by atoms with Crippen LogP contribution in [-0.4, -0.2) is 51.4 Å². The highest BCUT2D eigenvalue weighted by molar-refractivity contribution is 7.92. The molecule has 40 heavy (non-hydrogen) atoms. The largest absolute Gasteiger partial charge is 0.497 e. The molecule has 0 aromatic heterocycles. The van der Waals surface area contributed by atoms with Crippen LogP contribution in [0.5, 0.6) is 5.75 Å². The van der Waals surface area contributed by atoms with Crippen molar-refractivity contribution in [2.24, 2.45) is 5.92 Å². The number of methoxy groups -OCH3 is 1. The van der Waals surface area contributed by atoms with Crippen molar-refractivity contribution in [1.29, 1.82) is 0 Å². The molecule has 8 nitrogen and oxygen atoms in total. The summed E-state index contributed by atoms with van der Waals surface area (Å²) in [4.78, 5) is 28.6. The Balaban J connectivity index is 2.02. The van der Waals surface area contributed by atoms with E-state index in [0.29, 0.717) is 18.0 Å². The number of sulfonamides is 1. The highest BCUT2D eigenvalue weighted by atomic mass is 32.2. The first kappa shape index (κ1) is 30.7. The summed E-state index contributed by atoms with van der Waals surface area (Å²) in [7, 11) is -2.60. The lowest BCUT2D eigenvalue weighted by Crippen LogP contribution is -2.51. The van der Waals surface area contributed by atoms with Crippen LogP contribution < -0.4 is 14.4 Å². The number of carbonyl (C=O) groups is 2. The molecule has 0 aliphatic heterocycles. The third-order valence-electron chi connectivity index (χ3n) is 6.70. The minimum Gasteiger partial charge on any atom is -0.497 e. The van der Waals surface area contributed by atoms with Crippen molar-refractivity contribution in [1.82, 2.24) is 10.2 Å². The van der Waals surface area contributed by atoms with E-state index in [2.05, 4.69) is 5.32 Å². The number of hydrogen-bond donors (Lipinski definition) is 1. The van der Waals surface area contributed by atoms with Gasteiger partial charge in [0.25, 0.3) is 10.0 Å². The van der Waals surface area contributed by atoms with Crippen molar-refractivity contribution in [3.8, 4) is 5.75 Å². The van der Waals surface area contributed by atoms with Crippen molar-refractivity contribution < 1.29 is 22.7 Å². The van der Waals surface area contributed by atoms with Crippen molar-refractivity contribution in [3.05, 3.63) is 89.5 Å². The SMILES string of the molecule is COc1ccc(N(CC(=O)N(Cc2ccccc2C)C(C)C(=O)NCC(C)C)S(=O)(=O)c2ccc(C)cc2)cc1. The van der Waals surface area contributed by atoms with Crippen LogP contribution in [0.4, 0.5) is 5.69 Å².